The van der Waals surface area contributed by atoms with Crippen LogP contribution in [0.5, 0.6) is 0 Å². The largest absolute Gasteiger partial charge is 0.350 e. The van der Waals surface area contributed by atoms with Crippen LogP contribution in [0.25, 0.3) is 0 Å². The SMILES string of the molecule is O=C1N[C@@]2(Nc3ccccc31)C(=O)N(Cc1ccccc1F)c1ccccc12. The van der Waals surface area contributed by atoms with E-state index < -0.39 is 5.66 Å². The Labute approximate surface area is 160 Å². The van der Waals surface area contributed by atoms with Crippen molar-refractivity contribution in [1.29, 1.82) is 0 Å². The van der Waals surface area contributed by atoms with E-state index in [0.717, 1.165) is 0 Å². The van der Waals surface area contributed by atoms with Gasteiger partial charge in [-0.3, -0.25) is 9.59 Å². The van der Waals surface area contributed by atoms with E-state index >= 15 is 0 Å². The second kappa shape index (κ2) is 5.92. The van der Waals surface area contributed by atoms with Crippen LogP contribution in [0, 0.1) is 5.82 Å². The topological polar surface area (TPSA) is 61.4 Å². The van der Waals surface area contributed by atoms with Crippen LogP contribution in [-0.2, 0) is 17.0 Å². The Balaban J connectivity index is 1.63. The van der Waals surface area contributed by atoms with Crippen LogP contribution in [0.15, 0.2) is 72.8 Å². The first kappa shape index (κ1) is 16.5. The Morgan fingerprint density at radius 3 is 2.43 bits per heavy atom. The van der Waals surface area contributed by atoms with Crippen molar-refractivity contribution >= 4 is 23.2 Å². The highest BCUT2D eigenvalue weighted by atomic mass is 19.1. The number of benzene rings is 3. The quantitative estimate of drug-likeness (QED) is 0.724. The van der Waals surface area contributed by atoms with Crippen molar-refractivity contribution in [2.75, 3.05) is 10.2 Å². The molecule has 28 heavy (non-hydrogen) atoms. The number of hydrogen-bond donors (Lipinski definition) is 2. The average Bonchev–Trinajstić information content (AvgIpc) is 2.92. The van der Waals surface area contributed by atoms with Gasteiger partial charge in [-0.1, -0.05) is 48.5 Å². The van der Waals surface area contributed by atoms with Gasteiger partial charge in [-0.25, -0.2) is 4.39 Å². The van der Waals surface area contributed by atoms with Crippen molar-refractivity contribution in [1.82, 2.24) is 5.32 Å². The minimum atomic E-state index is -1.41. The molecule has 1 atom stereocenters. The number of nitrogens with one attached hydrogen (secondary N) is 2. The summed E-state index contributed by atoms with van der Waals surface area (Å²) in [5.41, 5.74) is 1.34. The summed E-state index contributed by atoms with van der Waals surface area (Å²) in [6.07, 6.45) is 0. The zero-order valence-electron chi connectivity index (χ0n) is 14.8. The number of rotatable bonds is 2. The van der Waals surface area contributed by atoms with E-state index in [1.807, 2.05) is 12.1 Å². The second-order valence-corrected chi connectivity index (χ2v) is 6.87. The lowest BCUT2D eigenvalue weighted by Crippen LogP contribution is -2.60. The summed E-state index contributed by atoms with van der Waals surface area (Å²) < 4.78 is 14.2. The standard InChI is InChI=1S/C22H16FN3O2/c23-17-10-4-1-7-14(17)13-26-19-12-6-3-9-16(19)22(21(26)28)24-18-11-5-2-8-15(18)20(27)25-22/h1-12,24H,13H2,(H,25,27)/t22-/m1/s1. The van der Waals surface area contributed by atoms with Crippen molar-refractivity contribution in [2.24, 2.45) is 0 Å². The zero-order valence-corrected chi connectivity index (χ0v) is 14.8. The van der Waals surface area contributed by atoms with E-state index in [4.69, 9.17) is 0 Å². The summed E-state index contributed by atoms with van der Waals surface area (Å²) in [6, 6.07) is 20.6. The fourth-order valence-corrected chi connectivity index (χ4v) is 3.91. The maximum Gasteiger partial charge on any atom is 0.278 e. The van der Waals surface area contributed by atoms with Crippen LogP contribution in [0.1, 0.15) is 21.5 Å². The molecule has 0 fully saturated rings. The molecule has 2 aliphatic heterocycles. The van der Waals surface area contributed by atoms with Gasteiger partial charge in [0.25, 0.3) is 11.8 Å². The number of para-hydroxylation sites is 2. The molecule has 1 spiro atoms. The summed E-state index contributed by atoms with van der Waals surface area (Å²) in [5.74, 6) is -1.05. The first-order valence-corrected chi connectivity index (χ1v) is 8.95. The van der Waals surface area contributed by atoms with E-state index in [9.17, 15) is 14.0 Å². The number of carbonyl (C=O) groups excluding carboxylic acids is 2. The van der Waals surface area contributed by atoms with Crippen LogP contribution in [0.4, 0.5) is 15.8 Å². The normalized spacial score (nSPS) is 19.8. The molecule has 0 unspecified atom stereocenters. The predicted octanol–water partition coefficient (Wildman–Crippen LogP) is 3.38. The first-order chi connectivity index (χ1) is 13.6. The van der Waals surface area contributed by atoms with E-state index in [0.29, 0.717) is 28.1 Å². The minimum Gasteiger partial charge on any atom is -0.350 e. The number of amides is 2. The number of hydrogen-bond acceptors (Lipinski definition) is 3. The van der Waals surface area contributed by atoms with Crippen molar-refractivity contribution in [3.63, 3.8) is 0 Å². The molecule has 0 aliphatic carbocycles. The lowest BCUT2D eigenvalue weighted by molar-refractivity contribution is -0.123. The van der Waals surface area contributed by atoms with Crippen LogP contribution in [0.2, 0.25) is 0 Å². The number of carbonyl (C=O) groups is 2. The van der Waals surface area contributed by atoms with Crippen LogP contribution in [-0.4, -0.2) is 11.8 Å². The molecule has 6 heteroatoms. The Morgan fingerprint density at radius 1 is 0.857 bits per heavy atom. The summed E-state index contributed by atoms with van der Waals surface area (Å²) >= 11 is 0. The third-order valence-corrected chi connectivity index (χ3v) is 5.25. The third-order valence-electron chi connectivity index (χ3n) is 5.25. The van der Waals surface area contributed by atoms with Gasteiger partial charge >= 0.3 is 0 Å². The lowest BCUT2D eigenvalue weighted by atomic mass is 9.96. The van der Waals surface area contributed by atoms with Crippen LogP contribution < -0.4 is 15.5 Å². The predicted molar refractivity (Wildman–Crippen MR) is 103 cm³/mol. The molecule has 2 N–H and O–H groups in total. The fraction of sp³-hybridized carbons (Fsp3) is 0.0909. The molecule has 5 rings (SSSR count). The molecule has 138 valence electrons. The van der Waals surface area contributed by atoms with Crippen molar-refractivity contribution < 1.29 is 14.0 Å². The van der Waals surface area contributed by atoms with E-state index in [2.05, 4.69) is 10.6 Å². The van der Waals surface area contributed by atoms with Crippen LogP contribution >= 0.6 is 0 Å². The maximum atomic E-state index is 14.2. The molecule has 0 aromatic heterocycles. The summed E-state index contributed by atoms with van der Waals surface area (Å²) in [7, 11) is 0. The van der Waals surface area contributed by atoms with E-state index in [-0.39, 0.29) is 24.2 Å². The van der Waals surface area contributed by atoms with Gasteiger partial charge in [0.05, 0.1) is 17.8 Å². The van der Waals surface area contributed by atoms with Gasteiger partial charge in [-0.05, 0) is 24.3 Å². The molecule has 0 saturated carbocycles. The minimum absolute atomic E-state index is 0.0729. The van der Waals surface area contributed by atoms with Gasteiger partial charge in [-0.2, -0.15) is 0 Å². The molecule has 0 radical (unpaired) electrons. The van der Waals surface area contributed by atoms with Gasteiger partial charge < -0.3 is 15.5 Å². The smallest absolute Gasteiger partial charge is 0.278 e. The van der Waals surface area contributed by atoms with E-state index in [1.54, 1.807) is 54.6 Å². The monoisotopic (exact) mass is 373 g/mol. The Bertz CT molecular complexity index is 1130. The molecule has 3 aromatic rings. The molecular formula is C22H16FN3O2. The number of halogens is 1. The highest BCUT2D eigenvalue weighted by molar-refractivity contribution is 6.15. The Kier molecular flexibility index (Phi) is 3.49. The van der Waals surface area contributed by atoms with Crippen molar-refractivity contribution in [3.8, 4) is 0 Å². The summed E-state index contributed by atoms with van der Waals surface area (Å²) in [5, 5.41) is 6.07. The molecule has 2 aliphatic rings. The number of fused-ring (bicyclic) bond motifs is 3. The van der Waals surface area contributed by atoms with E-state index in [1.165, 1.54) is 11.0 Å². The van der Waals surface area contributed by atoms with Crippen molar-refractivity contribution in [3.05, 3.63) is 95.3 Å². The third kappa shape index (κ3) is 2.24. The van der Waals surface area contributed by atoms with Gasteiger partial charge in [0.1, 0.15) is 5.82 Å². The second-order valence-electron chi connectivity index (χ2n) is 6.87. The maximum absolute atomic E-state index is 14.2. The molecule has 3 aromatic carbocycles. The van der Waals surface area contributed by atoms with Gasteiger partial charge in [0.2, 0.25) is 5.66 Å². The zero-order chi connectivity index (χ0) is 19.3. The highest BCUT2D eigenvalue weighted by Crippen LogP contribution is 2.43. The lowest BCUT2D eigenvalue weighted by Gasteiger charge is -2.36. The molecule has 0 saturated heterocycles. The number of anilines is 2. The van der Waals surface area contributed by atoms with Crippen molar-refractivity contribution in [2.45, 2.75) is 12.2 Å². The highest BCUT2D eigenvalue weighted by Gasteiger charge is 2.54. The van der Waals surface area contributed by atoms with Gasteiger partial charge in [-0.15, -0.1) is 0 Å². The Morgan fingerprint density at radius 2 is 1.57 bits per heavy atom. The molecule has 2 heterocycles. The molecule has 2 amide bonds. The summed E-state index contributed by atoms with van der Waals surface area (Å²) in [4.78, 5) is 27.8. The molecule has 5 nitrogen and oxygen atoms in total. The Hall–Kier alpha value is -3.67. The molecular weight excluding hydrogens is 357 g/mol. The number of nitrogens with zero attached hydrogens (tertiary/aromatic N) is 1. The van der Waals surface area contributed by atoms with Gasteiger partial charge in [0, 0.05) is 16.8 Å². The average molecular weight is 373 g/mol. The van der Waals surface area contributed by atoms with Gasteiger partial charge in [0.15, 0.2) is 0 Å². The first-order valence-electron chi connectivity index (χ1n) is 8.95. The van der Waals surface area contributed by atoms with Crippen LogP contribution in [0.3, 0.4) is 0 Å². The fourth-order valence-electron chi connectivity index (χ4n) is 3.91. The summed E-state index contributed by atoms with van der Waals surface area (Å²) in [6.45, 7) is 0.0729. The molecule has 0 bridgehead atoms.